The first kappa shape index (κ1) is 25.1. The van der Waals surface area contributed by atoms with Gasteiger partial charge in [-0.1, -0.05) is 51.9 Å². The second-order valence-electron chi connectivity index (χ2n) is 7.87. The molecule has 164 valence electrons. The molecule has 29 heavy (non-hydrogen) atoms. The molecule has 0 spiro atoms. The van der Waals surface area contributed by atoms with Gasteiger partial charge in [0.25, 0.3) is 0 Å². The lowest BCUT2D eigenvalue weighted by atomic mass is 10.1. The molecular weight excluding hydrogens is 386 g/mol. The number of anilines is 1. The van der Waals surface area contributed by atoms with Crippen LogP contribution in [0.5, 0.6) is 5.75 Å². The standard InChI is InChI=1S/C22H37N5O.ClH/c1-5-6-7-8-9-10-11-12-17-24-21-25-20(23)27(22(2,3)26-21)18-13-15-19(28-4)16-14-18;/h13-16H,5-12,17H2,1-4H3,(H3,23,24,25,26);1H. The van der Waals surface area contributed by atoms with Crippen LogP contribution in [0.3, 0.4) is 0 Å². The molecule has 6 nitrogen and oxygen atoms in total. The normalized spacial score (nSPS) is 16.8. The van der Waals surface area contributed by atoms with Gasteiger partial charge >= 0.3 is 0 Å². The maximum absolute atomic E-state index is 6.28. The van der Waals surface area contributed by atoms with Gasteiger partial charge in [0.2, 0.25) is 11.9 Å². The Labute approximate surface area is 182 Å². The van der Waals surface area contributed by atoms with Gasteiger partial charge < -0.3 is 15.8 Å². The predicted molar refractivity (Wildman–Crippen MR) is 126 cm³/mol. The molecule has 7 heteroatoms. The van der Waals surface area contributed by atoms with Crippen LogP contribution < -0.4 is 20.7 Å². The fourth-order valence-corrected chi connectivity index (χ4v) is 3.49. The number of aliphatic imine (C=N–C) groups is 2. The van der Waals surface area contributed by atoms with Gasteiger partial charge in [-0.15, -0.1) is 12.4 Å². The molecule has 1 aromatic carbocycles. The number of hydrogen-bond acceptors (Lipinski definition) is 4. The van der Waals surface area contributed by atoms with Crippen LogP contribution in [0.2, 0.25) is 0 Å². The molecule has 0 radical (unpaired) electrons. The van der Waals surface area contributed by atoms with Gasteiger partial charge in [0, 0.05) is 12.2 Å². The number of ether oxygens (including phenoxy) is 1. The first-order valence-corrected chi connectivity index (χ1v) is 10.6. The Morgan fingerprint density at radius 3 is 2.17 bits per heavy atom. The quantitative estimate of drug-likeness (QED) is 0.487. The van der Waals surface area contributed by atoms with Gasteiger partial charge in [0.05, 0.1) is 7.11 Å². The summed E-state index contributed by atoms with van der Waals surface area (Å²) < 4.78 is 5.23. The van der Waals surface area contributed by atoms with E-state index in [0.29, 0.717) is 11.9 Å². The average Bonchev–Trinajstić information content (AvgIpc) is 2.66. The van der Waals surface area contributed by atoms with E-state index in [1.54, 1.807) is 7.11 Å². The molecule has 0 aromatic heterocycles. The number of methoxy groups -OCH3 is 1. The Morgan fingerprint density at radius 2 is 1.62 bits per heavy atom. The van der Waals surface area contributed by atoms with Crippen LogP contribution in [0, 0.1) is 0 Å². The van der Waals surface area contributed by atoms with Crippen LogP contribution in [0.15, 0.2) is 34.3 Å². The fourth-order valence-electron chi connectivity index (χ4n) is 3.49. The van der Waals surface area contributed by atoms with E-state index in [4.69, 9.17) is 10.5 Å². The predicted octanol–water partition coefficient (Wildman–Crippen LogP) is 5.07. The summed E-state index contributed by atoms with van der Waals surface area (Å²) in [6, 6.07) is 7.80. The SMILES string of the molecule is CCCCCCCCCCN=C1N=C(N)N(c2ccc(OC)cc2)C(C)(C)N1.Cl. The molecule has 3 N–H and O–H groups in total. The van der Waals surface area contributed by atoms with Crippen molar-refractivity contribution in [2.45, 2.75) is 77.8 Å². The molecule has 2 rings (SSSR count). The number of halogens is 1. The third-order valence-corrected chi connectivity index (χ3v) is 5.03. The van der Waals surface area contributed by atoms with E-state index in [2.05, 4.69) is 36.1 Å². The monoisotopic (exact) mass is 423 g/mol. The minimum absolute atomic E-state index is 0. The van der Waals surface area contributed by atoms with Crippen LogP contribution >= 0.6 is 12.4 Å². The fraction of sp³-hybridized carbons (Fsp3) is 0.636. The third-order valence-electron chi connectivity index (χ3n) is 5.03. The van der Waals surface area contributed by atoms with Crippen molar-refractivity contribution < 1.29 is 4.74 Å². The molecule has 1 aliphatic heterocycles. The van der Waals surface area contributed by atoms with E-state index < -0.39 is 5.66 Å². The molecule has 0 unspecified atom stereocenters. The van der Waals surface area contributed by atoms with Gasteiger partial charge in [-0.2, -0.15) is 4.99 Å². The summed E-state index contributed by atoms with van der Waals surface area (Å²) in [7, 11) is 1.66. The van der Waals surface area contributed by atoms with E-state index in [1.807, 2.05) is 29.2 Å². The van der Waals surface area contributed by atoms with Crippen molar-refractivity contribution in [3.8, 4) is 5.75 Å². The van der Waals surface area contributed by atoms with E-state index in [1.165, 1.54) is 44.9 Å². The van der Waals surface area contributed by atoms with Crippen molar-refractivity contribution in [1.29, 1.82) is 0 Å². The van der Waals surface area contributed by atoms with Gasteiger partial charge in [-0.25, -0.2) is 0 Å². The minimum Gasteiger partial charge on any atom is -0.497 e. The molecule has 1 aliphatic rings. The Hall–Kier alpha value is -1.95. The first-order chi connectivity index (χ1) is 13.5. The van der Waals surface area contributed by atoms with Gasteiger partial charge in [0.15, 0.2) is 0 Å². The molecule has 0 atom stereocenters. The first-order valence-electron chi connectivity index (χ1n) is 10.6. The summed E-state index contributed by atoms with van der Waals surface area (Å²) in [5, 5.41) is 3.40. The molecule has 0 saturated heterocycles. The van der Waals surface area contributed by atoms with Gasteiger partial charge in [-0.3, -0.25) is 9.89 Å². The lowest BCUT2D eigenvalue weighted by molar-refractivity contribution is 0.414. The summed E-state index contributed by atoms with van der Waals surface area (Å²) in [6.45, 7) is 7.19. The number of nitrogens with two attached hydrogens (primary N) is 1. The lowest BCUT2D eigenvalue weighted by Crippen LogP contribution is -2.64. The van der Waals surface area contributed by atoms with Crippen LogP contribution in [-0.2, 0) is 0 Å². The highest BCUT2D eigenvalue weighted by molar-refractivity contribution is 6.06. The maximum Gasteiger partial charge on any atom is 0.223 e. The number of nitrogens with zero attached hydrogens (tertiary/aromatic N) is 3. The molecule has 1 aromatic rings. The second-order valence-corrected chi connectivity index (χ2v) is 7.87. The molecule has 0 bridgehead atoms. The number of guanidine groups is 2. The molecule has 0 amide bonds. The van der Waals surface area contributed by atoms with Crippen LogP contribution in [0.4, 0.5) is 5.69 Å². The van der Waals surface area contributed by atoms with Gasteiger partial charge in [-0.05, 0) is 44.5 Å². The van der Waals surface area contributed by atoms with Crippen molar-refractivity contribution in [3.05, 3.63) is 24.3 Å². The lowest BCUT2D eigenvalue weighted by Gasteiger charge is -2.43. The summed E-state index contributed by atoms with van der Waals surface area (Å²) in [4.78, 5) is 11.1. The Balaban J connectivity index is 0.00000420. The highest BCUT2D eigenvalue weighted by Crippen LogP contribution is 2.26. The average molecular weight is 424 g/mol. The highest BCUT2D eigenvalue weighted by atomic mass is 35.5. The van der Waals surface area contributed by atoms with Crippen molar-refractivity contribution in [3.63, 3.8) is 0 Å². The Morgan fingerprint density at radius 1 is 1.03 bits per heavy atom. The minimum atomic E-state index is -0.418. The van der Waals surface area contributed by atoms with Crippen LogP contribution in [0.25, 0.3) is 0 Å². The highest BCUT2D eigenvalue weighted by Gasteiger charge is 2.34. The third kappa shape index (κ3) is 7.77. The zero-order chi connectivity index (χ0) is 20.4. The van der Waals surface area contributed by atoms with Crippen LogP contribution in [-0.4, -0.2) is 31.2 Å². The van der Waals surface area contributed by atoms with Crippen molar-refractivity contribution in [2.24, 2.45) is 15.7 Å². The summed E-state index contributed by atoms with van der Waals surface area (Å²) in [5.74, 6) is 1.88. The zero-order valence-corrected chi connectivity index (χ0v) is 19.2. The van der Waals surface area contributed by atoms with E-state index in [-0.39, 0.29) is 12.4 Å². The van der Waals surface area contributed by atoms with E-state index in [9.17, 15) is 0 Å². The van der Waals surface area contributed by atoms with E-state index in [0.717, 1.165) is 24.4 Å². The zero-order valence-electron chi connectivity index (χ0n) is 18.4. The Kier molecular flexibility index (Phi) is 10.9. The number of benzene rings is 1. The largest absolute Gasteiger partial charge is 0.497 e. The molecular formula is C22H38ClN5O. The summed E-state index contributed by atoms with van der Waals surface area (Å²) in [5.41, 5.74) is 6.82. The van der Waals surface area contributed by atoms with E-state index >= 15 is 0 Å². The van der Waals surface area contributed by atoms with Crippen molar-refractivity contribution >= 4 is 30.0 Å². The number of nitrogens with one attached hydrogen (secondary N) is 1. The van der Waals surface area contributed by atoms with Crippen LogP contribution in [0.1, 0.15) is 72.1 Å². The molecule has 1 heterocycles. The second kappa shape index (κ2) is 12.6. The van der Waals surface area contributed by atoms with Crippen molar-refractivity contribution in [2.75, 3.05) is 18.6 Å². The molecule has 0 aliphatic carbocycles. The number of rotatable bonds is 11. The Bertz CT molecular complexity index is 658. The number of unbranched alkanes of at least 4 members (excludes halogenated alkanes) is 7. The topological polar surface area (TPSA) is 75.2 Å². The number of hydrogen-bond donors (Lipinski definition) is 2. The molecule has 0 saturated carbocycles. The van der Waals surface area contributed by atoms with Gasteiger partial charge in [0.1, 0.15) is 11.4 Å². The summed E-state index contributed by atoms with van der Waals surface area (Å²) in [6.07, 6.45) is 10.4. The van der Waals surface area contributed by atoms with Crippen molar-refractivity contribution in [1.82, 2.24) is 5.32 Å². The molecule has 0 fully saturated rings. The maximum atomic E-state index is 6.28. The summed E-state index contributed by atoms with van der Waals surface area (Å²) >= 11 is 0. The smallest absolute Gasteiger partial charge is 0.223 e.